The van der Waals surface area contributed by atoms with Crippen LogP contribution in [0.25, 0.3) is 33.2 Å². The highest BCUT2D eigenvalue weighted by Crippen LogP contribution is 2.37. The molecule has 186 valence electrons. The molecule has 0 aliphatic rings. The molecule has 0 unspecified atom stereocenters. The first kappa shape index (κ1) is 23.5. The lowest BCUT2D eigenvalue weighted by Crippen LogP contribution is -2.10. The molecule has 5 aromatic rings. The molecule has 2 aromatic heterocycles. The zero-order valence-electron chi connectivity index (χ0n) is 19.8. The highest BCUT2D eigenvalue weighted by molar-refractivity contribution is 5.95. The van der Waals surface area contributed by atoms with Gasteiger partial charge in [-0.2, -0.15) is 0 Å². The van der Waals surface area contributed by atoms with Gasteiger partial charge >= 0.3 is 5.91 Å². The molecule has 11 heteroatoms. The Bertz CT molecular complexity index is 1720. The number of benzene rings is 3. The van der Waals surface area contributed by atoms with Gasteiger partial charge < -0.3 is 29.3 Å². The number of hydrogen-bond acceptors (Lipinski definition) is 8. The van der Waals surface area contributed by atoms with Gasteiger partial charge in [-0.05, 0) is 48.5 Å². The number of rotatable bonds is 7. The minimum atomic E-state index is -0.677. The van der Waals surface area contributed by atoms with Gasteiger partial charge in [0.2, 0.25) is 5.88 Å². The van der Waals surface area contributed by atoms with Crippen molar-refractivity contribution in [1.29, 1.82) is 0 Å². The molecule has 0 saturated heterocycles. The van der Waals surface area contributed by atoms with Crippen molar-refractivity contribution in [2.75, 3.05) is 20.8 Å². The second kappa shape index (κ2) is 9.82. The number of H-pyrrole nitrogens is 2. The summed E-state index contributed by atoms with van der Waals surface area (Å²) in [6.45, 7) is -0.420. The Morgan fingerprint density at radius 2 is 1.81 bits per heavy atom. The lowest BCUT2D eigenvalue weighted by molar-refractivity contribution is -0.120. The summed E-state index contributed by atoms with van der Waals surface area (Å²) in [6.07, 6.45) is 0. The van der Waals surface area contributed by atoms with Crippen LogP contribution in [0.1, 0.15) is 0 Å². The van der Waals surface area contributed by atoms with Gasteiger partial charge in [-0.15, -0.1) is 10.2 Å². The largest absolute Gasteiger partial charge is 0.497 e. The highest BCUT2D eigenvalue weighted by atomic mass is 16.5. The first-order valence-corrected chi connectivity index (χ1v) is 11.1. The number of methoxy groups -OCH3 is 2. The lowest BCUT2D eigenvalue weighted by atomic mass is 10.1. The number of fused-ring (bicyclic) bond motifs is 2. The number of para-hydroxylation sites is 1. The summed E-state index contributed by atoms with van der Waals surface area (Å²) in [7, 11) is 2.98. The standard InChI is InChI=1S/C26H21N5O6/c1-35-15-8-9-19-17(12-15)23(26(34)28-19)31-30-22(32)13-37-20-10-7-14(11-21(20)36-2)24-27-18-6-4-3-5-16(18)25(33)29-24/h3-12,28,34H,13H2,1-2H3,(H,27,29,33). The molecule has 0 bridgehead atoms. The van der Waals surface area contributed by atoms with E-state index in [1.165, 1.54) is 14.2 Å². The zero-order valence-corrected chi connectivity index (χ0v) is 19.8. The van der Waals surface area contributed by atoms with Crippen LogP contribution in [0.15, 0.2) is 75.7 Å². The van der Waals surface area contributed by atoms with E-state index in [1.807, 2.05) is 0 Å². The first-order chi connectivity index (χ1) is 18.0. The Balaban J connectivity index is 1.32. The van der Waals surface area contributed by atoms with E-state index in [-0.39, 0.29) is 22.9 Å². The van der Waals surface area contributed by atoms with Crippen LogP contribution in [-0.2, 0) is 4.79 Å². The minimum absolute atomic E-state index is 0.112. The molecule has 0 fully saturated rings. The van der Waals surface area contributed by atoms with Gasteiger partial charge in [0.15, 0.2) is 23.8 Å². The van der Waals surface area contributed by atoms with Crippen LogP contribution in [0, 0.1) is 0 Å². The van der Waals surface area contributed by atoms with Gasteiger partial charge in [0.05, 0.1) is 30.6 Å². The van der Waals surface area contributed by atoms with E-state index >= 15 is 0 Å². The van der Waals surface area contributed by atoms with Gasteiger partial charge in [0.25, 0.3) is 5.56 Å². The van der Waals surface area contributed by atoms with Crippen molar-refractivity contribution in [3.8, 4) is 34.5 Å². The molecule has 0 atom stereocenters. The number of amides is 1. The Morgan fingerprint density at radius 1 is 0.973 bits per heavy atom. The highest BCUT2D eigenvalue weighted by Gasteiger charge is 2.14. The molecule has 3 aromatic carbocycles. The normalized spacial score (nSPS) is 11.3. The number of nitrogens with zero attached hydrogens (tertiary/aromatic N) is 3. The number of ether oxygens (including phenoxy) is 3. The molecule has 37 heavy (non-hydrogen) atoms. The van der Waals surface area contributed by atoms with Crippen molar-refractivity contribution in [3.05, 3.63) is 71.0 Å². The number of hydrogen-bond donors (Lipinski definition) is 3. The molecule has 11 nitrogen and oxygen atoms in total. The minimum Gasteiger partial charge on any atom is -0.497 e. The van der Waals surface area contributed by atoms with Gasteiger partial charge in [-0.1, -0.05) is 12.1 Å². The molecular weight excluding hydrogens is 478 g/mol. The number of carbonyl (C=O) groups is 1. The number of aromatic nitrogens is 3. The number of nitrogens with one attached hydrogen (secondary N) is 2. The average molecular weight is 499 g/mol. The number of azo groups is 1. The van der Waals surface area contributed by atoms with Gasteiger partial charge in [-0.25, -0.2) is 4.98 Å². The van der Waals surface area contributed by atoms with E-state index in [0.29, 0.717) is 44.7 Å². The predicted molar refractivity (Wildman–Crippen MR) is 136 cm³/mol. The van der Waals surface area contributed by atoms with Crippen LogP contribution in [0.3, 0.4) is 0 Å². The number of carbonyl (C=O) groups excluding carboxylic acids is 1. The Hall–Kier alpha value is -5.19. The molecule has 0 aliphatic heterocycles. The Morgan fingerprint density at radius 3 is 2.62 bits per heavy atom. The molecule has 0 saturated carbocycles. The Labute approximate surface area is 209 Å². The Kier molecular flexibility index (Phi) is 6.25. The van der Waals surface area contributed by atoms with Crippen molar-refractivity contribution in [1.82, 2.24) is 15.0 Å². The molecule has 2 heterocycles. The average Bonchev–Trinajstić information content (AvgIpc) is 3.24. The monoisotopic (exact) mass is 499 g/mol. The summed E-state index contributed by atoms with van der Waals surface area (Å²) >= 11 is 0. The first-order valence-electron chi connectivity index (χ1n) is 11.1. The summed E-state index contributed by atoms with van der Waals surface area (Å²) in [6, 6.07) is 17.1. The van der Waals surface area contributed by atoms with Crippen LogP contribution >= 0.6 is 0 Å². The maximum atomic E-state index is 12.4. The summed E-state index contributed by atoms with van der Waals surface area (Å²) in [4.78, 5) is 34.8. The second-order valence-corrected chi connectivity index (χ2v) is 7.91. The van der Waals surface area contributed by atoms with Crippen LogP contribution in [-0.4, -0.2) is 46.8 Å². The van der Waals surface area contributed by atoms with Crippen LogP contribution in [0.4, 0.5) is 5.69 Å². The maximum absolute atomic E-state index is 12.4. The second-order valence-electron chi connectivity index (χ2n) is 7.91. The van der Waals surface area contributed by atoms with Crippen molar-refractivity contribution in [2.45, 2.75) is 0 Å². The fourth-order valence-corrected chi connectivity index (χ4v) is 3.80. The third-order valence-electron chi connectivity index (χ3n) is 5.62. The molecular formula is C26H21N5O6. The van der Waals surface area contributed by atoms with E-state index in [4.69, 9.17) is 14.2 Å². The van der Waals surface area contributed by atoms with Crippen molar-refractivity contribution < 1.29 is 24.1 Å². The van der Waals surface area contributed by atoms with Gasteiger partial charge in [0, 0.05) is 10.9 Å². The van der Waals surface area contributed by atoms with Crippen molar-refractivity contribution in [2.24, 2.45) is 10.2 Å². The van der Waals surface area contributed by atoms with Crippen LogP contribution in [0.2, 0.25) is 0 Å². The summed E-state index contributed by atoms with van der Waals surface area (Å²) in [5.41, 5.74) is 1.64. The fraction of sp³-hybridized carbons (Fsp3) is 0.115. The SMILES string of the molecule is COc1ccc2[nH]c(O)c(N=NC(=O)COc3ccc(-c4nc5ccccc5c(=O)[nH]4)cc3OC)c2c1. The van der Waals surface area contributed by atoms with Gasteiger partial charge in [-0.3, -0.25) is 9.59 Å². The van der Waals surface area contributed by atoms with E-state index in [0.717, 1.165) is 0 Å². The molecule has 0 radical (unpaired) electrons. The van der Waals surface area contributed by atoms with Crippen molar-refractivity contribution >= 4 is 33.4 Å². The number of aromatic hydroxyl groups is 1. The smallest absolute Gasteiger partial charge is 0.302 e. The summed E-state index contributed by atoms with van der Waals surface area (Å²) in [5, 5.41) is 18.7. The maximum Gasteiger partial charge on any atom is 0.302 e. The van der Waals surface area contributed by atoms with E-state index in [9.17, 15) is 14.7 Å². The van der Waals surface area contributed by atoms with Crippen LogP contribution < -0.4 is 19.8 Å². The molecule has 0 aliphatic carbocycles. The third-order valence-corrected chi connectivity index (χ3v) is 5.62. The van der Waals surface area contributed by atoms with Crippen molar-refractivity contribution in [3.63, 3.8) is 0 Å². The molecule has 5 rings (SSSR count). The van der Waals surface area contributed by atoms with Crippen LogP contribution in [0.5, 0.6) is 23.1 Å². The van der Waals surface area contributed by atoms with E-state index in [2.05, 4.69) is 25.2 Å². The molecule has 1 amide bonds. The number of aromatic amines is 2. The quantitative estimate of drug-likeness (QED) is 0.279. The van der Waals surface area contributed by atoms with E-state index < -0.39 is 12.5 Å². The summed E-state index contributed by atoms with van der Waals surface area (Å²) < 4.78 is 16.2. The third kappa shape index (κ3) is 4.69. The van der Waals surface area contributed by atoms with Gasteiger partial charge in [0.1, 0.15) is 11.6 Å². The molecule has 0 spiro atoms. The topological polar surface area (TPSA) is 151 Å². The summed E-state index contributed by atoms with van der Waals surface area (Å²) in [5.74, 6) is 0.656. The zero-order chi connectivity index (χ0) is 25.9. The fourth-order valence-electron chi connectivity index (χ4n) is 3.80. The predicted octanol–water partition coefficient (Wildman–Crippen LogP) is 4.48. The molecule has 3 N–H and O–H groups in total. The lowest BCUT2D eigenvalue weighted by Gasteiger charge is -2.11. The van der Waals surface area contributed by atoms with E-state index in [1.54, 1.807) is 60.7 Å².